The van der Waals surface area contributed by atoms with E-state index in [1.165, 1.54) is 6.07 Å². The van der Waals surface area contributed by atoms with Gasteiger partial charge in [0.1, 0.15) is 17.3 Å². The molecule has 0 saturated heterocycles. The van der Waals surface area contributed by atoms with E-state index in [0.717, 1.165) is 5.56 Å². The Morgan fingerprint density at radius 3 is 2.17 bits per heavy atom. The van der Waals surface area contributed by atoms with Gasteiger partial charge in [-0.1, -0.05) is 23.7 Å². The van der Waals surface area contributed by atoms with Gasteiger partial charge < -0.3 is 9.47 Å². The van der Waals surface area contributed by atoms with Crippen LogP contribution in [0.15, 0.2) is 36.4 Å². The van der Waals surface area contributed by atoms with Crippen molar-refractivity contribution in [2.75, 3.05) is 14.2 Å². The standard InChI is InChI=1S/C14H12ClFO2/c1-17-10-6-9(7-11(8-10)18-2)12-4-3-5-13(16)14(12)15/h3-8H,1-2H3. The van der Waals surface area contributed by atoms with Gasteiger partial charge in [-0.2, -0.15) is 0 Å². The lowest BCUT2D eigenvalue weighted by Crippen LogP contribution is -1.90. The summed E-state index contributed by atoms with van der Waals surface area (Å²) in [6, 6.07) is 9.99. The highest BCUT2D eigenvalue weighted by molar-refractivity contribution is 6.33. The van der Waals surface area contributed by atoms with Crippen molar-refractivity contribution in [3.05, 3.63) is 47.2 Å². The van der Waals surface area contributed by atoms with Crippen molar-refractivity contribution < 1.29 is 13.9 Å². The Morgan fingerprint density at radius 2 is 1.61 bits per heavy atom. The lowest BCUT2D eigenvalue weighted by Gasteiger charge is -2.10. The zero-order chi connectivity index (χ0) is 13.1. The minimum absolute atomic E-state index is 0.0906. The van der Waals surface area contributed by atoms with Crippen molar-refractivity contribution >= 4 is 11.6 Å². The highest BCUT2D eigenvalue weighted by atomic mass is 35.5. The number of hydrogen-bond donors (Lipinski definition) is 0. The molecule has 2 rings (SSSR count). The molecule has 0 heterocycles. The summed E-state index contributed by atoms with van der Waals surface area (Å²) in [5.74, 6) is 0.810. The molecule has 0 saturated carbocycles. The topological polar surface area (TPSA) is 18.5 Å². The van der Waals surface area contributed by atoms with Crippen LogP contribution in [0.3, 0.4) is 0 Å². The van der Waals surface area contributed by atoms with Crippen LogP contribution in [-0.4, -0.2) is 14.2 Å². The first kappa shape index (κ1) is 12.7. The molecule has 2 aromatic carbocycles. The molecule has 0 fully saturated rings. The fraction of sp³-hybridized carbons (Fsp3) is 0.143. The van der Waals surface area contributed by atoms with E-state index >= 15 is 0 Å². The third-order valence-electron chi connectivity index (χ3n) is 2.61. The van der Waals surface area contributed by atoms with Crippen molar-refractivity contribution in [2.24, 2.45) is 0 Å². The fourth-order valence-electron chi connectivity index (χ4n) is 1.69. The van der Waals surface area contributed by atoms with E-state index in [2.05, 4.69) is 0 Å². The largest absolute Gasteiger partial charge is 0.497 e. The molecule has 0 spiro atoms. The first-order valence-corrected chi connectivity index (χ1v) is 5.71. The molecule has 0 N–H and O–H groups in total. The van der Waals surface area contributed by atoms with Gasteiger partial charge in [0.2, 0.25) is 0 Å². The number of ether oxygens (including phenoxy) is 2. The van der Waals surface area contributed by atoms with Crippen LogP contribution in [0.5, 0.6) is 11.5 Å². The van der Waals surface area contributed by atoms with Gasteiger partial charge in [-0.05, 0) is 23.8 Å². The van der Waals surface area contributed by atoms with Crippen LogP contribution < -0.4 is 9.47 Å². The normalized spacial score (nSPS) is 10.2. The first-order chi connectivity index (χ1) is 8.65. The number of rotatable bonds is 3. The molecule has 0 amide bonds. The molecule has 0 aliphatic heterocycles. The molecule has 0 bridgehead atoms. The molecule has 0 aromatic heterocycles. The summed E-state index contributed by atoms with van der Waals surface area (Å²) in [7, 11) is 3.12. The van der Waals surface area contributed by atoms with Gasteiger partial charge in [-0.25, -0.2) is 4.39 Å². The van der Waals surface area contributed by atoms with Crippen LogP contribution in [0.2, 0.25) is 5.02 Å². The number of methoxy groups -OCH3 is 2. The highest BCUT2D eigenvalue weighted by Crippen LogP contribution is 2.34. The maximum absolute atomic E-state index is 13.4. The molecule has 0 aliphatic rings. The molecule has 0 radical (unpaired) electrons. The van der Waals surface area contributed by atoms with Crippen LogP contribution in [0.25, 0.3) is 11.1 Å². The Morgan fingerprint density at radius 1 is 1.00 bits per heavy atom. The summed E-state index contributed by atoms with van der Waals surface area (Å²) >= 11 is 5.96. The fourth-order valence-corrected chi connectivity index (χ4v) is 1.92. The minimum Gasteiger partial charge on any atom is -0.497 e. The van der Waals surface area contributed by atoms with Gasteiger partial charge in [0.15, 0.2) is 0 Å². The van der Waals surface area contributed by atoms with Crippen LogP contribution in [0.4, 0.5) is 4.39 Å². The van der Waals surface area contributed by atoms with E-state index in [9.17, 15) is 4.39 Å². The second kappa shape index (κ2) is 5.27. The molecule has 0 atom stereocenters. The summed E-state index contributed by atoms with van der Waals surface area (Å²) in [5.41, 5.74) is 1.35. The van der Waals surface area contributed by atoms with Gasteiger partial charge >= 0.3 is 0 Å². The smallest absolute Gasteiger partial charge is 0.142 e. The first-order valence-electron chi connectivity index (χ1n) is 5.33. The predicted molar refractivity (Wildman–Crippen MR) is 70.0 cm³/mol. The second-order valence-electron chi connectivity index (χ2n) is 3.70. The Kier molecular flexibility index (Phi) is 3.72. The SMILES string of the molecule is COc1cc(OC)cc(-c2cccc(F)c2Cl)c1. The van der Waals surface area contributed by atoms with Crippen molar-refractivity contribution in [1.82, 2.24) is 0 Å². The molecule has 0 unspecified atom stereocenters. The average molecular weight is 267 g/mol. The van der Waals surface area contributed by atoms with E-state index in [4.69, 9.17) is 21.1 Å². The lowest BCUT2D eigenvalue weighted by atomic mass is 10.0. The van der Waals surface area contributed by atoms with Crippen LogP contribution in [-0.2, 0) is 0 Å². The van der Waals surface area contributed by atoms with Crippen LogP contribution >= 0.6 is 11.6 Å². The van der Waals surface area contributed by atoms with E-state index in [1.54, 1.807) is 44.6 Å². The van der Waals surface area contributed by atoms with E-state index in [1.807, 2.05) is 0 Å². The van der Waals surface area contributed by atoms with Gasteiger partial charge in [-0.3, -0.25) is 0 Å². The summed E-state index contributed by atoms with van der Waals surface area (Å²) in [6.45, 7) is 0. The quantitative estimate of drug-likeness (QED) is 0.830. The third kappa shape index (κ3) is 2.41. The van der Waals surface area contributed by atoms with Gasteiger partial charge in [0.25, 0.3) is 0 Å². The lowest BCUT2D eigenvalue weighted by molar-refractivity contribution is 0.394. The maximum atomic E-state index is 13.4. The Bertz CT molecular complexity index is 547. The minimum atomic E-state index is -0.448. The highest BCUT2D eigenvalue weighted by Gasteiger charge is 2.10. The van der Waals surface area contributed by atoms with Crippen LogP contribution in [0.1, 0.15) is 0 Å². The summed E-state index contributed by atoms with van der Waals surface area (Å²) in [5, 5.41) is 0.0906. The van der Waals surface area contributed by atoms with Gasteiger partial charge in [0.05, 0.1) is 19.2 Å². The van der Waals surface area contributed by atoms with Crippen molar-refractivity contribution in [1.29, 1.82) is 0 Å². The summed E-state index contributed by atoms with van der Waals surface area (Å²) < 4.78 is 23.8. The maximum Gasteiger partial charge on any atom is 0.142 e. The predicted octanol–water partition coefficient (Wildman–Crippen LogP) is 4.16. The second-order valence-corrected chi connectivity index (χ2v) is 4.08. The number of hydrogen-bond acceptors (Lipinski definition) is 2. The third-order valence-corrected chi connectivity index (χ3v) is 3.00. The summed E-state index contributed by atoms with van der Waals surface area (Å²) in [6.07, 6.45) is 0. The van der Waals surface area contributed by atoms with Gasteiger partial charge in [-0.15, -0.1) is 0 Å². The van der Waals surface area contributed by atoms with Crippen molar-refractivity contribution in [3.8, 4) is 22.6 Å². The molecular formula is C14H12ClFO2. The molecule has 0 aliphatic carbocycles. The molecule has 2 nitrogen and oxygen atoms in total. The zero-order valence-electron chi connectivity index (χ0n) is 10.0. The molecule has 4 heteroatoms. The van der Waals surface area contributed by atoms with E-state index in [-0.39, 0.29) is 5.02 Å². The zero-order valence-corrected chi connectivity index (χ0v) is 10.8. The molecule has 2 aromatic rings. The van der Waals surface area contributed by atoms with E-state index < -0.39 is 5.82 Å². The molecule has 18 heavy (non-hydrogen) atoms. The van der Waals surface area contributed by atoms with Gasteiger partial charge in [0, 0.05) is 11.6 Å². The summed E-state index contributed by atoms with van der Waals surface area (Å²) in [4.78, 5) is 0. The molecule has 94 valence electrons. The van der Waals surface area contributed by atoms with Crippen molar-refractivity contribution in [2.45, 2.75) is 0 Å². The Hall–Kier alpha value is -1.74. The number of benzene rings is 2. The monoisotopic (exact) mass is 266 g/mol. The Labute approximate surface area is 110 Å². The van der Waals surface area contributed by atoms with Crippen LogP contribution in [0, 0.1) is 5.82 Å². The van der Waals surface area contributed by atoms with E-state index in [0.29, 0.717) is 17.1 Å². The Balaban J connectivity index is 2.59. The number of halogens is 2. The molecular weight excluding hydrogens is 255 g/mol. The average Bonchev–Trinajstić information content (AvgIpc) is 2.41. The van der Waals surface area contributed by atoms with Crippen molar-refractivity contribution in [3.63, 3.8) is 0 Å².